The lowest BCUT2D eigenvalue weighted by Crippen LogP contribution is -2.55. The van der Waals surface area contributed by atoms with Gasteiger partial charge in [0.2, 0.25) is 5.91 Å². The van der Waals surface area contributed by atoms with E-state index in [1.807, 2.05) is 52.0 Å². The average molecular weight is 374 g/mol. The lowest BCUT2D eigenvalue weighted by molar-refractivity contribution is -0.122. The number of carbonyl (C=O) groups is 1. The maximum Gasteiger partial charge on any atom is 0.223 e. The van der Waals surface area contributed by atoms with Gasteiger partial charge in [-0.3, -0.25) is 9.69 Å². The number of epoxide rings is 1. The molecule has 0 radical (unpaired) electrons. The summed E-state index contributed by atoms with van der Waals surface area (Å²) in [6.07, 6.45) is 2.19. The predicted octanol–water partition coefficient (Wildman–Crippen LogP) is 2.83. The Balaban J connectivity index is 1.19. The van der Waals surface area contributed by atoms with Crippen LogP contribution in [0.25, 0.3) is 0 Å². The summed E-state index contributed by atoms with van der Waals surface area (Å²) in [6.45, 7) is 9.83. The fraction of sp³-hybridized carbons (Fsp3) is 0.667. The van der Waals surface area contributed by atoms with Gasteiger partial charge < -0.3 is 19.5 Å². The maximum absolute atomic E-state index is 11.9. The first-order chi connectivity index (χ1) is 12.8. The Bertz CT molecular complexity index is 674. The van der Waals surface area contributed by atoms with E-state index in [9.17, 15) is 4.79 Å². The highest BCUT2D eigenvalue weighted by Crippen LogP contribution is 2.34. The smallest absolute Gasteiger partial charge is 0.223 e. The van der Waals surface area contributed by atoms with E-state index in [4.69, 9.17) is 14.2 Å². The molecule has 3 atom stereocenters. The second-order valence-electron chi connectivity index (χ2n) is 8.89. The van der Waals surface area contributed by atoms with Crippen LogP contribution in [0.15, 0.2) is 24.3 Å². The molecule has 1 saturated carbocycles. The lowest BCUT2D eigenvalue weighted by Gasteiger charge is -2.38. The van der Waals surface area contributed by atoms with Crippen LogP contribution in [0.3, 0.4) is 0 Å². The number of carbonyl (C=O) groups excluding carboxylic acids is 1. The Morgan fingerprint density at radius 3 is 2.48 bits per heavy atom. The topological polar surface area (TPSA) is 63.3 Å². The predicted molar refractivity (Wildman–Crippen MR) is 101 cm³/mol. The van der Waals surface area contributed by atoms with E-state index in [2.05, 4.69) is 10.2 Å². The van der Waals surface area contributed by atoms with Gasteiger partial charge in [0, 0.05) is 19.0 Å². The molecular formula is C21H30N2O4. The minimum Gasteiger partial charge on any atom is -0.488 e. The molecule has 3 aliphatic rings. The van der Waals surface area contributed by atoms with Gasteiger partial charge in [0.25, 0.3) is 0 Å². The number of ether oxygens (including phenoxy) is 3. The van der Waals surface area contributed by atoms with Crippen LogP contribution < -0.4 is 10.1 Å². The SMILES string of the molecule is CC(NC(=O)C1CC1)c1ccc(OC2CN(C3OC3OC(C)(C)C)C2)cc1. The zero-order chi connectivity index (χ0) is 19.2. The molecule has 1 aromatic rings. The molecule has 4 rings (SSSR count). The normalized spacial score (nSPS) is 27.0. The third kappa shape index (κ3) is 4.81. The van der Waals surface area contributed by atoms with Gasteiger partial charge in [-0.2, -0.15) is 0 Å². The molecule has 1 aliphatic carbocycles. The summed E-state index contributed by atoms with van der Waals surface area (Å²) in [5.41, 5.74) is 0.914. The zero-order valence-corrected chi connectivity index (χ0v) is 16.6. The fourth-order valence-electron chi connectivity index (χ4n) is 3.32. The minimum absolute atomic E-state index is 0.0260. The highest BCUT2D eigenvalue weighted by Gasteiger charge is 2.51. The molecule has 2 saturated heterocycles. The molecule has 6 nitrogen and oxygen atoms in total. The summed E-state index contributed by atoms with van der Waals surface area (Å²) in [6, 6.07) is 8.05. The van der Waals surface area contributed by atoms with E-state index >= 15 is 0 Å². The van der Waals surface area contributed by atoms with Crippen molar-refractivity contribution in [2.24, 2.45) is 5.92 Å². The Morgan fingerprint density at radius 1 is 1.22 bits per heavy atom. The zero-order valence-electron chi connectivity index (χ0n) is 16.6. The largest absolute Gasteiger partial charge is 0.488 e. The number of hydrogen-bond donors (Lipinski definition) is 1. The fourth-order valence-corrected chi connectivity index (χ4v) is 3.32. The summed E-state index contributed by atoms with van der Waals surface area (Å²) in [4.78, 5) is 14.1. The van der Waals surface area contributed by atoms with Crippen molar-refractivity contribution >= 4 is 5.91 Å². The van der Waals surface area contributed by atoms with Crippen LogP contribution in [-0.2, 0) is 14.3 Å². The van der Waals surface area contributed by atoms with Crippen LogP contribution in [0.4, 0.5) is 0 Å². The van der Waals surface area contributed by atoms with Crippen molar-refractivity contribution in [1.82, 2.24) is 10.2 Å². The average Bonchev–Trinajstić information content (AvgIpc) is 3.45. The van der Waals surface area contributed by atoms with Crippen LogP contribution in [0, 0.1) is 5.92 Å². The monoisotopic (exact) mass is 374 g/mol. The van der Waals surface area contributed by atoms with Crippen molar-refractivity contribution in [3.63, 3.8) is 0 Å². The summed E-state index contributed by atoms with van der Waals surface area (Å²) >= 11 is 0. The van der Waals surface area contributed by atoms with E-state index < -0.39 is 0 Å². The highest BCUT2D eigenvalue weighted by molar-refractivity contribution is 5.81. The number of hydrogen-bond acceptors (Lipinski definition) is 5. The standard InChI is InChI=1S/C21H30N2O4/c1-13(22-18(24)15-5-6-15)14-7-9-16(10-8-14)25-17-11-23(12-17)19-20(26-19)27-21(2,3)4/h7-10,13,15,17,19-20H,5-6,11-12H2,1-4H3,(H,22,24). The molecule has 1 amide bonds. The van der Waals surface area contributed by atoms with Crippen molar-refractivity contribution < 1.29 is 19.0 Å². The molecule has 6 heteroatoms. The Hall–Kier alpha value is -1.63. The summed E-state index contributed by atoms with van der Waals surface area (Å²) < 4.78 is 17.5. The molecule has 2 heterocycles. The maximum atomic E-state index is 11.9. The summed E-state index contributed by atoms with van der Waals surface area (Å²) in [5, 5.41) is 3.07. The van der Waals surface area contributed by atoms with Gasteiger partial charge in [0.1, 0.15) is 11.9 Å². The summed E-state index contributed by atoms with van der Waals surface area (Å²) in [5.74, 6) is 1.28. The van der Waals surface area contributed by atoms with Crippen molar-refractivity contribution in [3.8, 4) is 5.75 Å². The van der Waals surface area contributed by atoms with Crippen LogP contribution in [0.2, 0.25) is 0 Å². The molecular weight excluding hydrogens is 344 g/mol. The van der Waals surface area contributed by atoms with Crippen molar-refractivity contribution in [1.29, 1.82) is 0 Å². The number of nitrogens with zero attached hydrogens (tertiary/aromatic N) is 1. The van der Waals surface area contributed by atoms with Gasteiger partial charge >= 0.3 is 0 Å². The van der Waals surface area contributed by atoms with Crippen LogP contribution in [-0.4, -0.2) is 48.1 Å². The molecule has 2 aliphatic heterocycles. The molecule has 0 spiro atoms. The number of benzene rings is 1. The van der Waals surface area contributed by atoms with E-state index in [0.717, 1.165) is 37.2 Å². The number of nitrogens with one attached hydrogen (secondary N) is 1. The van der Waals surface area contributed by atoms with Crippen molar-refractivity contribution in [3.05, 3.63) is 29.8 Å². The molecule has 1 N–H and O–H groups in total. The first kappa shape index (κ1) is 18.7. The van der Waals surface area contributed by atoms with Gasteiger partial charge in [-0.15, -0.1) is 0 Å². The quantitative estimate of drug-likeness (QED) is 0.744. The van der Waals surface area contributed by atoms with Gasteiger partial charge in [-0.25, -0.2) is 0 Å². The van der Waals surface area contributed by atoms with Crippen molar-refractivity contribution in [2.75, 3.05) is 13.1 Å². The van der Waals surface area contributed by atoms with Crippen LogP contribution in [0.1, 0.15) is 52.1 Å². The molecule has 27 heavy (non-hydrogen) atoms. The Morgan fingerprint density at radius 2 is 1.89 bits per heavy atom. The van der Waals surface area contributed by atoms with Crippen LogP contribution in [0.5, 0.6) is 5.75 Å². The van der Waals surface area contributed by atoms with Crippen LogP contribution >= 0.6 is 0 Å². The van der Waals surface area contributed by atoms with Gasteiger partial charge in [0.15, 0.2) is 12.5 Å². The Kier molecular flexibility index (Phi) is 4.91. The minimum atomic E-state index is -0.183. The first-order valence-corrected chi connectivity index (χ1v) is 9.93. The van der Waals surface area contributed by atoms with E-state index in [1.54, 1.807) is 0 Å². The molecule has 148 valence electrons. The number of amides is 1. The first-order valence-electron chi connectivity index (χ1n) is 9.93. The van der Waals surface area contributed by atoms with Gasteiger partial charge in [-0.05, 0) is 58.2 Å². The van der Waals surface area contributed by atoms with E-state index in [0.29, 0.717) is 0 Å². The number of rotatable bonds is 7. The molecule has 3 unspecified atom stereocenters. The summed E-state index contributed by atoms with van der Waals surface area (Å²) in [7, 11) is 0. The molecule has 3 fully saturated rings. The molecule has 1 aromatic carbocycles. The second kappa shape index (κ2) is 7.08. The molecule has 0 aromatic heterocycles. The number of likely N-dealkylation sites (tertiary alicyclic amines) is 1. The van der Waals surface area contributed by atoms with E-state index in [-0.39, 0.29) is 42.1 Å². The molecule has 0 bridgehead atoms. The van der Waals surface area contributed by atoms with E-state index in [1.165, 1.54) is 0 Å². The van der Waals surface area contributed by atoms with Gasteiger partial charge in [0.05, 0.1) is 11.6 Å². The second-order valence-corrected chi connectivity index (χ2v) is 8.89. The third-order valence-corrected chi connectivity index (χ3v) is 5.13. The highest BCUT2D eigenvalue weighted by atomic mass is 16.8. The van der Waals surface area contributed by atoms with Crippen molar-refractivity contribution in [2.45, 2.75) is 70.8 Å². The third-order valence-electron chi connectivity index (χ3n) is 5.13. The van der Waals surface area contributed by atoms with Gasteiger partial charge in [-0.1, -0.05) is 12.1 Å². The lowest BCUT2D eigenvalue weighted by atomic mass is 10.1. The Labute approximate surface area is 161 Å².